The summed E-state index contributed by atoms with van der Waals surface area (Å²) in [7, 11) is 0. The number of rotatable bonds is 6. The fourth-order valence-corrected chi connectivity index (χ4v) is 3.97. The summed E-state index contributed by atoms with van der Waals surface area (Å²) in [5.41, 5.74) is 2.62. The molecule has 3 heteroatoms. The van der Waals surface area contributed by atoms with Crippen LogP contribution in [0.3, 0.4) is 0 Å². The number of nitrogens with zero attached hydrogens (tertiary/aromatic N) is 1. The zero-order chi connectivity index (χ0) is 17.6. The first-order valence-electron chi connectivity index (χ1n) is 9.47. The number of piperidine rings is 1. The molecule has 0 saturated carbocycles. The van der Waals surface area contributed by atoms with E-state index in [0.29, 0.717) is 6.04 Å². The first kappa shape index (κ1) is 18.1. The van der Waals surface area contributed by atoms with Gasteiger partial charge >= 0.3 is 0 Å². The molecule has 0 radical (unpaired) electrons. The fraction of sp³-hybridized carbons (Fsp3) is 0.455. The molecule has 25 heavy (non-hydrogen) atoms. The van der Waals surface area contributed by atoms with Crippen LogP contribution in [0.4, 0.5) is 0 Å². The Hall–Kier alpha value is -1.68. The van der Waals surface area contributed by atoms with Crippen LogP contribution in [0, 0.1) is 0 Å². The molecular weight excluding hydrogens is 308 g/mol. The molecule has 2 aromatic rings. The molecule has 134 valence electrons. The van der Waals surface area contributed by atoms with Gasteiger partial charge < -0.3 is 10.4 Å². The molecule has 0 aromatic heterocycles. The molecule has 1 aliphatic heterocycles. The SMILES string of the molecule is CCC(c1ccccc1)N1CC[C@@H](NC(C)c2ccccc2)[C@H](O)C1. The zero-order valence-corrected chi connectivity index (χ0v) is 15.3. The molecule has 2 aromatic carbocycles. The molecular formula is C22H30N2O. The summed E-state index contributed by atoms with van der Waals surface area (Å²) in [5, 5.41) is 14.3. The number of aliphatic hydroxyl groups excluding tert-OH is 1. The number of benzene rings is 2. The monoisotopic (exact) mass is 338 g/mol. The molecule has 1 heterocycles. The summed E-state index contributed by atoms with van der Waals surface area (Å²) in [6.45, 7) is 6.15. The maximum atomic E-state index is 10.7. The fourth-order valence-electron chi connectivity index (χ4n) is 3.97. The lowest BCUT2D eigenvalue weighted by Gasteiger charge is -2.41. The van der Waals surface area contributed by atoms with Crippen molar-refractivity contribution in [2.75, 3.05) is 13.1 Å². The topological polar surface area (TPSA) is 35.5 Å². The molecule has 0 bridgehead atoms. The molecule has 0 spiro atoms. The van der Waals surface area contributed by atoms with Crippen LogP contribution in [0.25, 0.3) is 0 Å². The van der Waals surface area contributed by atoms with Gasteiger partial charge in [0.1, 0.15) is 0 Å². The van der Waals surface area contributed by atoms with Crippen molar-refractivity contribution in [3.05, 3.63) is 71.8 Å². The van der Waals surface area contributed by atoms with E-state index in [2.05, 4.69) is 78.7 Å². The van der Waals surface area contributed by atoms with Crippen molar-refractivity contribution in [1.29, 1.82) is 0 Å². The van der Waals surface area contributed by atoms with Crippen LogP contribution in [0.2, 0.25) is 0 Å². The highest BCUT2D eigenvalue weighted by Gasteiger charge is 2.32. The zero-order valence-electron chi connectivity index (χ0n) is 15.3. The van der Waals surface area contributed by atoms with Crippen LogP contribution >= 0.6 is 0 Å². The molecule has 1 saturated heterocycles. The number of nitrogens with one attached hydrogen (secondary N) is 1. The summed E-state index contributed by atoms with van der Waals surface area (Å²) in [5.74, 6) is 0. The Bertz CT molecular complexity index is 631. The van der Waals surface area contributed by atoms with Gasteiger partial charge in [-0.15, -0.1) is 0 Å². The standard InChI is InChI=1S/C22H30N2O/c1-3-21(19-12-8-5-9-13-19)24-15-14-20(22(25)16-24)23-17(2)18-10-6-4-7-11-18/h4-13,17,20-23,25H,3,14-16H2,1-2H3/t17?,20-,21?,22-/m1/s1. The van der Waals surface area contributed by atoms with Crippen LogP contribution in [-0.4, -0.2) is 35.2 Å². The van der Waals surface area contributed by atoms with Gasteiger partial charge in [0.05, 0.1) is 6.10 Å². The Labute approximate surface area is 151 Å². The van der Waals surface area contributed by atoms with E-state index in [1.165, 1.54) is 11.1 Å². The summed E-state index contributed by atoms with van der Waals surface area (Å²) in [6, 6.07) is 21.9. The minimum Gasteiger partial charge on any atom is -0.390 e. The molecule has 3 nitrogen and oxygen atoms in total. The van der Waals surface area contributed by atoms with E-state index in [-0.39, 0.29) is 18.2 Å². The maximum Gasteiger partial charge on any atom is 0.0820 e. The van der Waals surface area contributed by atoms with E-state index in [1.807, 2.05) is 6.07 Å². The normalized spacial score (nSPS) is 24.0. The summed E-state index contributed by atoms with van der Waals surface area (Å²) < 4.78 is 0. The number of likely N-dealkylation sites (tertiary alicyclic amines) is 1. The van der Waals surface area contributed by atoms with E-state index >= 15 is 0 Å². The van der Waals surface area contributed by atoms with Gasteiger partial charge in [-0.3, -0.25) is 4.90 Å². The van der Waals surface area contributed by atoms with Crippen molar-refractivity contribution in [3.8, 4) is 0 Å². The van der Waals surface area contributed by atoms with Gasteiger partial charge in [-0.25, -0.2) is 0 Å². The third kappa shape index (κ3) is 4.49. The van der Waals surface area contributed by atoms with Crippen molar-refractivity contribution >= 4 is 0 Å². The highest BCUT2D eigenvalue weighted by atomic mass is 16.3. The summed E-state index contributed by atoms with van der Waals surface area (Å²) >= 11 is 0. The Morgan fingerprint density at radius 3 is 2.20 bits per heavy atom. The lowest BCUT2D eigenvalue weighted by atomic mass is 9.95. The van der Waals surface area contributed by atoms with Gasteiger partial charge in [0.2, 0.25) is 0 Å². The van der Waals surface area contributed by atoms with Crippen LogP contribution in [0.15, 0.2) is 60.7 Å². The first-order chi connectivity index (χ1) is 12.2. The predicted molar refractivity (Wildman–Crippen MR) is 103 cm³/mol. The average Bonchev–Trinajstić information content (AvgIpc) is 2.66. The molecule has 0 aliphatic carbocycles. The second kappa shape index (κ2) is 8.61. The van der Waals surface area contributed by atoms with Gasteiger partial charge in [0.25, 0.3) is 0 Å². The predicted octanol–water partition coefficient (Wildman–Crippen LogP) is 3.92. The van der Waals surface area contributed by atoms with Crippen molar-refractivity contribution < 1.29 is 5.11 Å². The van der Waals surface area contributed by atoms with E-state index < -0.39 is 0 Å². The second-order valence-corrected chi connectivity index (χ2v) is 7.09. The van der Waals surface area contributed by atoms with Crippen molar-refractivity contribution in [2.24, 2.45) is 0 Å². The van der Waals surface area contributed by atoms with E-state index in [4.69, 9.17) is 0 Å². The minimum absolute atomic E-state index is 0.153. The number of hydrogen-bond donors (Lipinski definition) is 2. The van der Waals surface area contributed by atoms with Crippen LogP contribution in [0.1, 0.15) is 49.9 Å². The van der Waals surface area contributed by atoms with Crippen molar-refractivity contribution in [2.45, 2.75) is 50.9 Å². The Kier molecular flexibility index (Phi) is 6.24. The van der Waals surface area contributed by atoms with Gasteiger partial charge in [-0.05, 0) is 30.9 Å². The third-order valence-corrected chi connectivity index (χ3v) is 5.39. The van der Waals surface area contributed by atoms with Crippen molar-refractivity contribution in [1.82, 2.24) is 10.2 Å². The average molecular weight is 338 g/mol. The lowest BCUT2D eigenvalue weighted by molar-refractivity contribution is 0.0161. The number of β-amino-alcohol motifs (C(OH)–C–C–N with tert-alkyl or cyclic N) is 1. The maximum absolute atomic E-state index is 10.7. The van der Waals surface area contributed by atoms with Gasteiger partial charge in [-0.2, -0.15) is 0 Å². The third-order valence-electron chi connectivity index (χ3n) is 5.39. The lowest BCUT2D eigenvalue weighted by Crippen LogP contribution is -2.53. The first-order valence-corrected chi connectivity index (χ1v) is 9.47. The molecule has 3 rings (SSSR count). The van der Waals surface area contributed by atoms with Crippen LogP contribution in [0.5, 0.6) is 0 Å². The number of aliphatic hydroxyl groups is 1. The van der Waals surface area contributed by atoms with E-state index in [0.717, 1.165) is 25.9 Å². The highest BCUT2D eigenvalue weighted by Crippen LogP contribution is 2.28. The number of hydrogen-bond acceptors (Lipinski definition) is 3. The van der Waals surface area contributed by atoms with E-state index in [1.54, 1.807) is 0 Å². The molecule has 1 fully saturated rings. The quantitative estimate of drug-likeness (QED) is 0.838. The van der Waals surface area contributed by atoms with Crippen LogP contribution < -0.4 is 5.32 Å². The molecule has 4 atom stereocenters. The Morgan fingerprint density at radius 1 is 1.04 bits per heavy atom. The molecule has 0 amide bonds. The summed E-state index contributed by atoms with van der Waals surface area (Å²) in [6.07, 6.45) is 1.70. The van der Waals surface area contributed by atoms with Crippen molar-refractivity contribution in [3.63, 3.8) is 0 Å². The Morgan fingerprint density at radius 2 is 1.64 bits per heavy atom. The second-order valence-electron chi connectivity index (χ2n) is 7.09. The smallest absolute Gasteiger partial charge is 0.0820 e. The van der Waals surface area contributed by atoms with Gasteiger partial charge in [0.15, 0.2) is 0 Å². The minimum atomic E-state index is -0.335. The van der Waals surface area contributed by atoms with Gasteiger partial charge in [0, 0.05) is 31.2 Å². The molecule has 2 N–H and O–H groups in total. The summed E-state index contributed by atoms with van der Waals surface area (Å²) in [4.78, 5) is 2.44. The van der Waals surface area contributed by atoms with Gasteiger partial charge in [-0.1, -0.05) is 67.6 Å². The Balaban J connectivity index is 1.60. The largest absolute Gasteiger partial charge is 0.390 e. The molecule has 1 aliphatic rings. The molecule has 2 unspecified atom stereocenters. The highest BCUT2D eigenvalue weighted by molar-refractivity contribution is 5.20. The van der Waals surface area contributed by atoms with E-state index in [9.17, 15) is 5.11 Å². The van der Waals surface area contributed by atoms with Crippen LogP contribution in [-0.2, 0) is 0 Å².